The van der Waals surface area contributed by atoms with Gasteiger partial charge in [-0.3, -0.25) is 9.00 Å². The highest BCUT2D eigenvalue weighted by molar-refractivity contribution is 7.85. The molecule has 3 aromatic heterocycles. The van der Waals surface area contributed by atoms with E-state index < -0.39 is 28.2 Å². The van der Waals surface area contributed by atoms with Gasteiger partial charge in [0.15, 0.2) is 5.82 Å². The Morgan fingerprint density at radius 1 is 1.25 bits per heavy atom. The summed E-state index contributed by atoms with van der Waals surface area (Å²) < 4.78 is 54.6. The van der Waals surface area contributed by atoms with Gasteiger partial charge in [0.2, 0.25) is 0 Å². The van der Waals surface area contributed by atoms with Crippen LogP contribution in [0.25, 0.3) is 22.6 Å². The maximum absolute atomic E-state index is 13.4. The van der Waals surface area contributed by atoms with Gasteiger partial charge in [-0.05, 0) is 19.1 Å². The van der Waals surface area contributed by atoms with Gasteiger partial charge >= 0.3 is 6.18 Å². The molecule has 0 bridgehead atoms. The fourth-order valence-electron chi connectivity index (χ4n) is 3.04. The molecule has 0 spiro atoms. The van der Waals surface area contributed by atoms with Crippen LogP contribution in [0, 0.1) is 0 Å². The Kier molecular flexibility index (Phi) is 5.04. The summed E-state index contributed by atoms with van der Waals surface area (Å²) in [5.41, 5.74) is 4.28. The molecule has 0 radical (unpaired) electrons. The highest BCUT2D eigenvalue weighted by Crippen LogP contribution is 2.32. The lowest BCUT2D eigenvalue weighted by molar-refractivity contribution is -0.144. The minimum Gasteiger partial charge on any atom is -0.397 e. The number of halogens is 3. The molecule has 0 aliphatic heterocycles. The molecule has 0 aliphatic rings. The van der Waals surface area contributed by atoms with Crippen molar-refractivity contribution in [1.29, 1.82) is 0 Å². The maximum Gasteiger partial charge on any atom is 0.431 e. The fraction of sp³-hybridized carbons (Fsp3) is 0.353. The van der Waals surface area contributed by atoms with E-state index >= 15 is 0 Å². The number of nitrogens with two attached hydrogens (primary N) is 1. The number of rotatable bonds is 4. The first-order valence-corrected chi connectivity index (χ1v) is 9.73. The van der Waals surface area contributed by atoms with Crippen LogP contribution in [-0.2, 0) is 30.6 Å². The molecular weight excluding hydrogens is 395 g/mol. The van der Waals surface area contributed by atoms with E-state index in [1.807, 2.05) is 0 Å². The van der Waals surface area contributed by atoms with E-state index in [4.69, 9.17) is 5.73 Å². The molecule has 0 saturated carbocycles. The Balaban J connectivity index is 2.38. The topological polar surface area (TPSA) is 95.8 Å². The average molecular weight is 413 g/mol. The van der Waals surface area contributed by atoms with Crippen LogP contribution in [0.4, 0.5) is 18.9 Å². The molecular formula is C17H18F3N5O2S. The molecule has 150 valence electrons. The molecule has 3 aromatic rings. The summed E-state index contributed by atoms with van der Waals surface area (Å²) in [6.07, 6.45) is -3.36. The van der Waals surface area contributed by atoms with E-state index in [0.717, 1.165) is 6.07 Å². The zero-order chi connectivity index (χ0) is 20.8. The lowest BCUT2D eigenvalue weighted by atomic mass is 10.3. The largest absolute Gasteiger partial charge is 0.431 e. The predicted molar refractivity (Wildman–Crippen MR) is 100 cm³/mol. The summed E-state index contributed by atoms with van der Waals surface area (Å²) in [7, 11) is 0.0783. The zero-order valence-corrected chi connectivity index (χ0v) is 16.2. The third-order valence-corrected chi connectivity index (χ3v) is 5.66. The monoisotopic (exact) mass is 413 g/mol. The van der Waals surface area contributed by atoms with Crippen molar-refractivity contribution < 1.29 is 17.4 Å². The quantitative estimate of drug-likeness (QED) is 0.709. The van der Waals surface area contributed by atoms with E-state index in [2.05, 4.69) is 9.97 Å². The average Bonchev–Trinajstić information content (AvgIpc) is 2.97. The van der Waals surface area contributed by atoms with Gasteiger partial charge in [-0.2, -0.15) is 13.2 Å². The molecule has 7 nitrogen and oxygen atoms in total. The third-order valence-electron chi connectivity index (χ3n) is 4.33. The van der Waals surface area contributed by atoms with Gasteiger partial charge in [-0.25, -0.2) is 9.97 Å². The van der Waals surface area contributed by atoms with E-state index in [-0.39, 0.29) is 29.1 Å². The number of nitrogens with zero attached hydrogens (tertiary/aromatic N) is 4. The van der Waals surface area contributed by atoms with Crippen molar-refractivity contribution in [3.05, 3.63) is 34.4 Å². The fourth-order valence-corrected chi connectivity index (χ4v) is 3.97. The van der Waals surface area contributed by atoms with E-state index in [1.54, 1.807) is 6.92 Å². The summed E-state index contributed by atoms with van der Waals surface area (Å²) in [6, 6.07) is 2.34. The first-order chi connectivity index (χ1) is 13.1. The van der Waals surface area contributed by atoms with Crippen molar-refractivity contribution >= 4 is 27.5 Å². The second-order valence-electron chi connectivity index (χ2n) is 6.05. The SMILES string of the molecule is CCn1c(C(F)(F)F)cc2nc(-c3ncc(N)cc3S(=O)CC)n(C)c2c1=O. The summed E-state index contributed by atoms with van der Waals surface area (Å²) >= 11 is 0. The molecule has 0 aromatic carbocycles. The molecule has 11 heteroatoms. The Labute approximate surface area is 160 Å². The smallest absolute Gasteiger partial charge is 0.397 e. The van der Waals surface area contributed by atoms with Gasteiger partial charge in [-0.1, -0.05) is 6.92 Å². The number of anilines is 1. The van der Waals surface area contributed by atoms with Gasteiger partial charge in [0.05, 0.1) is 33.1 Å². The van der Waals surface area contributed by atoms with Crippen LogP contribution in [0.1, 0.15) is 19.5 Å². The van der Waals surface area contributed by atoms with Gasteiger partial charge in [0.25, 0.3) is 5.56 Å². The number of aryl methyl sites for hydroxylation is 1. The van der Waals surface area contributed by atoms with Crippen LogP contribution in [0.3, 0.4) is 0 Å². The number of nitrogen functional groups attached to an aromatic ring is 1. The summed E-state index contributed by atoms with van der Waals surface area (Å²) in [5, 5.41) is 0. The molecule has 3 heterocycles. The Morgan fingerprint density at radius 3 is 2.50 bits per heavy atom. The molecule has 1 unspecified atom stereocenters. The Morgan fingerprint density at radius 2 is 1.93 bits per heavy atom. The zero-order valence-electron chi connectivity index (χ0n) is 15.4. The van der Waals surface area contributed by atoms with Crippen molar-refractivity contribution in [2.45, 2.75) is 31.5 Å². The van der Waals surface area contributed by atoms with E-state index in [0.29, 0.717) is 20.9 Å². The number of aromatic nitrogens is 4. The summed E-state index contributed by atoms with van der Waals surface area (Å²) in [5.74, 6) is 0.439. The normalized spacial score (nSPS) is 13.2. The van der Waals surface area contributed by atoms with E-state index in [9.17, 15) is 22.2 Å². The van der Waals surface area contributed by atoms with Crippen LogP contribution in [0.15, 0.2) is 28.0 Å². The summed E-state index contributed by atoms with van der Waals surface area (Å²) in [4.78, 5) is 21.4. The molecule has 3 rings (SSSR count). The number of hydrogen-bond donors (Lipinski definition) is 1. The Hall–Kier alpha value is -2.69. The van der Waals surface area contributed by atoms with Crippen LogP contribution in [0.5, 0.6) is 0 Å². The number of pyridine rings is 2. The third kappa shape index (κ3) is 3.19. The first kappa shape index (κ1) is 20.1. The van der Waals surface area contributed by atoms with Gasteiger partial charge < -0.3 is 14.9 Å². The van der Waals surface area contributed by atoms with Crippen molar-refractivity contribution in [3.63, 3.8) is 0 Å². The maximum atomic E-state index is 13.4. The highest BCUT2D eigenvalue weighted by atomic mass is 32.2. The first-order valence-electron chi connectivity index (χ1n) is 8.41. The van der Waals surface area contributed by atoms with Gasteiger partial charge in [-0.15, -0.1) is 0 Å². The number of alkyl halides is 3. The van der Waals surface area contributed by atoms with Gasteiger partial charge in [0.1, 0.15) is 16.9 Å². The molecule has 1 atom stereocenters. The second kappa shape index (κ2) is 7.04. The lowest BCUT2D eigenvalue weighted by Crippen LogP contribution is -2.28. The minimum atomic E-state index is -4.70. The van der Waals surface area contributed by atoms with Gasteiger partial charge in [0, 0.05) is 19.3 Å². The molecule has 28 heavy (non-hydrogen) atoms. The molecule has 2 N–H and O–H groups in total. The van der Waals surface area contributed by atoms with Crippen LogP contribution >= 0.6 is 0 Å². The van der Waals surface area contributed by atoms with Crippen molar-refractivity contribution in [2.75, 3.05) is 11.5 Å². The summed E-state index contributed by atoms with van der Waals surface area (Å²) in [6.45, 7) is 3.03. The van der Waals surface area contributed by atoms with E-state index in [1.165, 1.54) is 30.8 Å². The molecule has 0 amide bonds. The van der Waals surface area contributed by atoms with Crippen LogP contribution in [-0.4, -0.2) is 29.1 Å². The molecule has 0 fully saturated rings. The van der Waals surface area contributed by atoms with Crippen LogP contribution in [0.2, 0.25) is 0 Å². The molecule has 0 aliphatic carbocycles. The predicted octanol–water partition coefficient (Wildman–Crippen LogP) is 2.55. The number of fused-ring (bicyclic) bond motifs is 1. The standard InChI is InChI=1S/C17H18F3N5O2S/c1-4-25-12(17(18,19)20)7-10-14(16(25)26)24(3)15(23-10)13-11(28(27)5-2)6-9(21)8-22-13/h6-8H,4-5,21H2,1-3H3. The number of hydrogen-bond acceptors (Lipinski definition) is 5. The van der Waals surface area contributed by atoms with Crippen molar-refractivity contribution in [3.8, 4) is 11.5 Å². The Bertz CT molecular complexity index is 1150. The van der Waals surface area contributed by atoms with Crippen molar-refractivity contribution in [1.82, 2.24) is 19.1 Å². The number of imidazole rings is 1. The lowest BCUT2D eigenvalue weighted by Gasteiger charge is -2.14. The minimum absolute atomic E-state index is 0.0108. The van der Waals surface area contributed by atoms with Crippen molar-refractivity contribution in [2.24, 2.45) is 7.05 Å². The second-order valence-corrected chi connectivity index (χ2v) is 7.76. The van der Waals surface area contributed by atoms with Crippen LogP contribution < -0.4 is 11.3 Å². The molecule has 0 saturated heterocycles. The highest BCUT2D eigenvalue weighted by Gasteiger charge is 2.36.